The molecule has 0 spiro atoms. The second-order valence-corrected chi connectivity index (χ2v) is 6.34. The number of carbonyl (C=O) groups is 1. The maximum absolute atomic E-state index is 12.2. The molecule has 0 atom stereocenters. The standard InChI is InChI=1S/C16H18N4O2S/c1-10-14(15(22)18-6-7-20(2)3)23-16(19-10)11-4-5-13(21)12(8-11)9-17/h4-5,8,21H,6-7H2,1-3H3,(H,18,22). The Morgan fingerprint density at radius 2 is 2.22 bits per heavy atom. The summed E-state index contributed by atoms with van der Waals surface area (Å²) in [5, 5.41) is 22.1. The van der Waals surface area contributed by atoms with Crippen LogP contribution in [-0.4, -0.2) is 48.1 Å². The van der Waals surface area contributed by atoms with Crippen LogP contribution in [0.15, 0.2) is 18.2 Å². The maximum Gasteiger partial charge on any atom is 0.263 e. The highest BCUT2D eigenvalue weighted by molar-refractivity contribution is 7.17. The number of rotatable bonds is 5. The first kappa shape index (κ1) is 16.9. The molecule has 7 heteroatoms. The average molecular weight is 330 g/mol. The van der Waals surface area contributed by atoms with Crippen molar-refractivity contribution in [3.8, 4) is 22.4 Å². The van der Waals surface area contributed by atoms with Crippen LogP contribution in [0.25, 0.3) is 10.6 Å². The predicted molar refractivity (Wildman–Crippen MR) is 89.6 cm³/mol. The molecule has 0 aliphatic rings. The van der Waals surface area contributed by atoms with Crippen LogP contribution < -0.4 is 5.32 Å². The Morgan fingerprint density at radius 1 is 1.48 bits per heavy atom. The minimum atomic E-state index is -0.146. The van der Waals surface area contributed by atoms with Crippen LogP contribution in [0.3, 0.4) is 0 Å². The molecule has 1 amide bonds. The SMILES string of the molecule is Cc1nc(-c2ccc(O)c(C#N)c2)sc1C(=O)NCCN(C)C. The highest BCUT2D eigenvalue weighted by Gasteiger charge is 2.16. The highest BCUT2D eigenvalue weighted by atomic mass is 32.1. The average Bonchev–Trinajstić information content (AvgIpc) is 2.89. The molecule has 2 rings (SSSR count). The van der Waals surface area contributed by atoms with Crippen LogP contribution in [0.2, 0.25) is 0 Å². The van der Waals surface area contributed by atoms with Gasteiger partial charge in [-0.3, -0.25) is 4.79 Å². The van der Waals surface area contributed by atoms with Gasteiger partial charge in [0.25, 0.3) is 5.91 Å². The quantitative estimate of drug-likeness (QED) is 0.875. The second-order valence-electron chi connectivity index (χ2n) is 5.34. The van der Waals surface area contributed by atoms with E-state index in [-0.39, 0.29) is 17.2 Å². The zero-order chi connectivity index (χ0) is 17.0. The normalized spacial score (nSPS) is 10.6. The molecule has 1 aromatic heterocycles. The molecule has 1 heterocycles. The van der Waals surface area contributed by atoms with E-state index in [9.17, 15) is 9.90 Å². The first-order valence-electron chi connectivity index (χ1n) is 7.06. The number of carbonyl (C=O) groups excluding carboxylic acids is 1. The zero-order valence-corrected chi connectivity index (χ0v) is 14.1. The Bertz CT molecular complexity index is 762. The fourth-order valence-corrected chi connectivity index (χ4v) is 2.94. The molecule has 0 aliphatic heterocycles. The predicted octanol–water partition coefficient (Wildman–Crippen LogP) is 1.99. The molecule has 0 unspecified atom stereocenters. The lowest BCUT2D eigenvalue weighted by Gasteiger charge is -2.09. The number of nitriles is 1. The van der Waals surface area contributed by atoms with E-state index in [4.69, 9.17) is 5.26 Å². The Morgan fingerprint density at radius 3 is 2.87 bits per heavy atom. The summed E-state index contributed by atoms with van der Waals surface area (Å²) in [5.41, 5.74) is 1.55. The van der Waals surface area contributed by atoms with Crippen LogP contribution in [-0.2, 0) is 0 Å². The number of thiazole rings is 1. The van der Waals surface area contributed by atoms with E-state index in [2.05, 4.69) is 10.3 Å². The molecule has 1 aromatic carbocycles. The summed E-state index contributed by atoms with van der Waals surface area (Å²) in [7, 11) is 3.89. The fourth-order valence-electron chi connectivity index (χ4n) is 1.96. The van der Waals surface area contributed by atoms with E-state index >= 15 is 0 Å². The summed E-state index contributed by atoms with van der Waals surface area (Å²) in [6, 6.07) is 6.64. The number of phenolic OH excluding ortho intramolecular Hbond substituents is 1. The number of benzene rings is 1. The van der Waals surface area contributed by atoms with E-state index in [1.54, 1.807) is 19.1 Å². The van der Waals surface area contributed by atoms with Gasteiger partial charge in [-0.2, -0.15) is 5.26 Å². The van der Waals surface area contributed by atoms with Crippen LogP contribution in [0.1, 0.15) is 20.9 Å². The number of nitrogens with zero attached hydrogens (tertiary/aromatic N) is 3. The molecule has 0 bridgehead atoms. The number of amides is 1. The van der Waals surface area contributed by atoms with Crippen molar-refractivity contribution in [2.75, 3.05) is 27.2 Å². The summed E-state index contributed by atoms with van der Waals surface area (Å²) in [6.45, 7) is 3.11. The second kappa shape index (κ2) is 7.22. The highest BCUT2D eigenvalue weighted by Crippen LogP contribution is 2.30. The summed E-state index contributed by atoms with van der Waals surface area (Å²) in [6.07, 6.45) is 0. The van der Waals surface area contributed by atoms with Gasteiger partial charge < -0.3 is 15.3 Å². The monoisotopic (exact) mass is 330 g/mol. The first-order chi connectivity index (χ1) is 10.9. The topological polar surface area (TPSA) is 89.2 Å². The zero-order valence-electron chi connectivity index (χ0n) is 13.3. The number of hydrogen-bond donors (Lipinski definition) is 2. The third kappa shape index (κ3) is 4.06. The van der Waals surface area contributed by atoms with Crippen LogP contribution in [0, 0.1) is 18.3 Å². The van der Waals surface area contributed by atoms with Crippen molar-refractivity contribution in [3.05, 3.63) is 34.3 Å². The summed E-state index contributed by atoms with van der Waals surface area (Å²) < 4.78 is 0. The smallest absolute Gasteiger partial charge is 0.263 e. The van der Waals surface area contributed by atoms with E-state index in [0.717, 1.165) is 6.54 Å². The molecule has 2 aromatic rings. The van der Waals surface area contributed by atoms with Crippen molar-refractivity contribution in [1.82, 2.24) is 15.2 Å². The molecule has 0 radical (unpaired) electrons. The minimum Gasteiger partial charge on any atom is -0.507 e. The van der Waals surface area contributed by atoms with Crippen molar-refractivity contribution in [2.24, 2.45) is 0 Å². The third-order valence-electron chi connectivity index (χ3n) is 3.21. The van der Waals surface area contributed by atoms with Gasteiger partial charge in [-0.15, -0.1) is 11.3 Å². The number of phenols is 1. The lowest BCUT2D eigenvalue weighted by Crippen LogP contribution is -2.31. The van der Waals surface area contributed by atoms with Gasteiger partial charge in [0, 0.05) is 18.7 Å². The van der Waals surface area contributed by atoms with Crippen LogP contribution in [0.5, 0.6) is 5.75 Å². The Hall–Kier alpha value is -2.43. The molecule has 120 valence electrons. The Balaban J connectivity index is 2.21. The van der Waals surface area contributed by atoms with Crippen molar-refractivity contribution in [3.63, 3.8) is 0 Å². The summed E-state index contributed by atoms with van der Waals surface area (Å²) >= 11 is 1.28. The number of hydrogen-bond acceptors (Lipinski definition) is 6. The maximum atomic E-state index is 12.2. The first-order valence-corrected chi connectivity index (χ1v) is 7.88. The number of nitrogens with one attached hydrogen (secondary N) is 1. The number of aromatic nitrogens is 1. The molecule has 0 saturated carbocycles. The molecule has 6 nitrogen and oxygen atoms in total. The van der Waals surface area contributed by atoms with Crippen molar-refractivity contribution < 1.29 is 9.90 Å². The largest absolute Gasteiger partial charge is 0.507 e. The minimum absolute atomic E-state index is 0.0637. The van der Waals surface area contributed by atoms with E-state index in [1.807, 2.05) is 25.1 Å². The van der Waals surface area contributed by atoms with Gasteiger partial charge >= 0.3 is 0 Å². The number of aromatic hydroxyl groups is 1. The van der Waals surface area contributed by atoms with Crippen molar-refractivity contribution in [2.45, 2.75) is 6.92 Å². The summed E-state index contributed by atoms with van der Waals surface area (Å²) in [5.74, 6) is -0.210. The Kier molecular flexibility index (Phi) is 5.32. The molecular weight excluding hydrogens is 312 g/mol. The Labute approximate surface area is 139 Å². The van der Waals surface area contributed by atoms with Crippen molar-refractivity contribution in [1.29, 1.82) is 5.26 Å². The fraction of sp³-hybridized carbons (Fsp3) is 0.312. The van der Waals surface area contributed by atoms with Crippen molar-refractivity contribution >= 4 is 17.2 Å². The van der Waals surface area contributed by atoms with Crippen LogP contribution >= 0.6 is 11.3 Å². The summed E-state index contributed by atoms with van der Waals surface area (Å²) in [4.78, 5) is 19.2. The van der Waals surface area contributed by atoms with Crippen LogP contribution in [0.4, 0.5) is 0 Å². The lowest BCUT2D eigenvalue weighted by molar-refractivity contribution is 0.0954. The van der Waals surface area contributed by atoms with Gasteiger partial charge in [-0.25, -0.2) is 4.98 Å². The molecular formula is C16H18N4O2S. The third-order valence-corrected chi connectivity index (χ3v) is 4.42. The number of likely N-dealkylation sites (N-methyl/N-ethyl adjacent to an activating group) is 1. The van der Waals surface area contributed by atoms with Gasteiger partial charge in [0.2, 0.25) is 0 Å². The van der Waals surface area contributed by atoms with E-state index < -0.39 is 0 Å². The molecule has 23 heavy (non-hydrogen) atoms. The lowest BCUT2D eigenvalue weighted by atomic mass is 10.1. The van der Waals surface area contributed by atoms with Gasteiger partial charge in [0.1, 0.15) is 21.7 Å². The molecule has 0 saturated heterocycles. The molecule has 0 fully saturated rings. The van der Waals surface area contributed by atoms with Gasteiger partial charge in [0.05, 0.1) is 11.3 Å². The molecule has 2 N–H and O–H groups in total. The van der Waals surface area contributed by atoms with E-state index in [1.165, 1.54) is 17.4 Å². The van der Waals surface area contributed by atoms with E-state index in [0.29, 0.717) is 27.7 Å². The number of aryl methyl sites for hydroxylation is 1. The van der Waals surface area contributed by atoms with Gasteiger partial charge in [-0.05, 0) is 39.2 Å². The molecule has 0 aliphatic carbocycles. The van der Waals surface area contributed by atoms with Gasteiger partial charge in [0.15, 0.2) is 0 Å². The van der Waals surface area contributed by atoms with Gasteiger partial charge in [-0.1, -0.05) is 0 Å².